The van der Waals surface area contributed by atoms with Crippen LogP contribution in [0.15, 0.2) is 127 Å². The quantitative estimate of drug-likeness (QED) is 0.0649. The molecule has 0 radical (unpaired) electrons. The first kappa shape index (κ1) is 34.1. The van der Waals surface area contributed by atoms with E-state index in [1.807, 2.05) is 0 Å². The lowest BCUT2D eigenvalue weighted by molar-refractivity contribution is 0.623. The van der Waals surface area contributed by atoms with Gasteiger partial charge in [0.2, 0.25) is 0 Å². The summed E-state index contributed by atoms with van der Waals surface area (Å²) in [5, 5.41) is 1.55. The van der Waals surface area contributed by atoms with E-state index in [-0.39, 0.29) is 0 Å². The minimum atomic E-state index is -1.79. The predicted molar refractivity (Wildman–Crippen MR) is 211 cm³/mol. The summed E-state index contributed by atoms with van der Waals surface area (Å²) in [4.78, 5) is 0. The van der Waals surface area contributed by atoms with Crippen LogP contribution in [-0.2, 0) is 0 Å². The van der Waals surface area contributed by atoms with Gasteiger partial charge in [-0.1, -0.05) is 208 Å². The van der Waals surface area contributed by atoms with E-state index in [1.54, 1.807) is 5.19 Å². The molecule has 0 aliphatic rings. The normalized spacial score (nSPS) is 12.4. The monoisotopic (exact) mass is 632 g/mol. The van der Waals surface area contributed by atoms with Crippen LogP contribution in [0.1, 0.15) is 90.0 Å². The SMILES string of the molecule is CCCCCCCC[Si](C)(C)c1cc(C=C(c2ccccc2)c2ccc(C)cc2)ccc1C=C(c1ccccc1)c1ccc(C)cc1. The Bertz CT molecular complexity index is 1760. The van der Waals surface area contributed by atoms with Crippen molar-refractivity contribution in [3.05, 3.63) is 172 Å². The second kappa shape index (κ2) is 16.6. The van der Waals surface area contributed by atoms with Crippen LogP contribution >= 0.6 is 0 Å². The molecule has 0 spiro atoms. The summed E-state index contributed by atoms with van der Waals surface area (Å²) < 4.78 is 0. The van der Waals surface area contributed by atoms with Gasteiger partial charge in [0.25, 0.3) is 0 Å². The van der Waals surface area contributed by atoms with E-state index in [4.69, 9.17) is 0 Å². The van der Waals surface area contributed by atoms with Crippen molar-refractivity contribution in [1.82, 2.24) is 0 Å². The Balaban J connectivity index is 1.63. The van der Waals surface area contributed by atoms with Crippen LogP contribution in [0, 0.1) is 13.8 Å². The van der Waals surface area contributed by atoms with Gasteiger partial charge < -0.3 is 0 Å². The van der Waals surface area contributed by atoms with Gasteiger partial charge in [-0.2, -0.15) is 0 Å². The van der Waals surface area contributed by atoms with Crippen molar-refractivity contribution in [3.8, 4) is 0 Å². The Morgan fingerprint density at radius 2 is 0.979 bits per heavy atom. The molecule has 0 aromatic heterocycles. The molecule has 47 heavy (non-hydrogen) atoms. The van der Waals surface area contributed by atoms with E-state index in [9.17, 15) is 0 Å². The Hall–Kier alpha value is -4.20. The second-order valence-corrected chi connectivity index (χ2v) is 18.6. The summed E-state index contributed by atoms with van der Waals surface area (Å²) in [6, 6.07) is 48.3. The Kier molecular flexibility index (Phi) is 12.0. The molecule has 5 rings (SSSR count). The van der Waals surface area contributed by atoms with Gasteiger partial charge in [0, 0.05) is 0 Å². The van der Waals surface area contributed by atoms with E-state index in [1.165, 1.54) is 100 Å². The highest BCUT2D eigenvalue weighted by Gasteiger charge is 2.26. The third-order valence-corrected chi connectivity index (χ3v) is 13.0. The van der Waals surface area contributed by atoms with Crippen molar-refractivity contribution in [3.63, 3.8) is 0 Å². The standard InChI is InChI=1S/C46H52Si/c1-6-7-8-9-10-17-32-47(4,5)46-34-38(33-44(39-18-13-11-14-19-39)41-27-22-36(2)23-28-41)26-31-43(46)35-45(40-20-15-12-16-21-40)42-29-24-37(3)25-30-42/h11-16,18-31,33-35H,6-10,17,32H2,1-5H3. The van der Waals surface area contributed by atoms with E-state index in [2.05, 4.69) is 173 Å². The fraction of sp³-hybridized carbons (Fsp3) is 0.261. The van der Waals surface area contributed by atoms with Crippen LogP contribution in [0.4, 0.5) is 0 Å². The molecular weight excluding hydrogens is 581 g/mol. The van der Waals surface area contributed by atoms with Crippen LogP contribution in [0.25, 0.3) is 23.3 Å². The summed E-state index contributed by atoms with van der Waals surface area (Å²) in [5.74, 6) is 0. The van der Waals surface area contributed by atoms with Crippen molar-refractivity contribution in [2.75, 3.05) is 0 Å². The number of rotatable bonds is 14. The van der Waals surface area contributed by atoms with Gasteiger partial charge in [0.15, 0.2) is 0 Å². The number of unbranched alkanes of at least 4 members (excludes halogenated alkanes) is 5. The van der Waals surface area contributed by atoms with E-state index in [0.29, 0.717) is 0 Å². The van der Waals surface area contributed by atoms with Crippen molar-refractivity contribution in [2.45, 2.75) is 78.4 Å². The predicted octanol–water partition coefficient (Wildman–Crippen LogP) is 12.8. The largest absolute Gasteiger partial charge is 0.0814 e. The number of aryl methyl sites for hydroxylation is 2. The molecule has 0 saturated carbocycles. The minimum absolute atomic E-state index is 1.25. The Morgan fingerprint density at radius 1 is 0.511 bits per heavy atom. The molecule has 0 aliphatic heterocycles. The fourth-order valence-electron chi connectivity index (χ4n) is 6.55. The maximum absolute atomic E-state index is 2.59. The van der Waals surface area contributed by atoms with Crippen molar-refractivity contribution in [1.29, 1.82) is 0 Å². The summed E-state index contributed by atoms with van der Waals surface area (Å²) in [7, 11) is -1.79. The zero-order valence-electron chi connectivity index (χ0n) is 29.2. The van der Waals surface area contributed by atoms with Crippen molar-refractivity contribution >= 4 is 36.6 Å². The average molecular weight is 633 g/mol. The Morgan fingerprint density at radius 3 is 1.51 bits per heavy atom. The molecule has 0 amide bonds. The molecule has 0 saturated heterocycles. The van der Waals surface area contributed by atoms with Crippen LogP contribution in [-0.4, -0.2) is 8.07 Å². The van der Waals surface area contributed by atoms with Crippen molar-refractivity contribution in [2.24, 2.45) is 0 Å². The number of hydrogen-bond donors (Lipinski definition) is 0. The second-order valence-electron chi connectivity index (χ2n) is 13.8. The minimum Gasteiger partial charge on any atom is -0.0654 e. The van der Waals surface area contributed by atoms with Crippen LogP contribution in [0.3, 0.4) is 0 Å². The van der Waals surface area contributed by atoms with E-state index < -0.39 is 8.07 Å². The topological polar surface area (TPSA) is 0 Å². The summed E-state index contributed by atoms with van der Waals surface area (Å²) in [6.45, 7) is 11.8. The molecule has 0 bridgehead atoms. The molecule has 0 atom stereocenters. The van der Waals surface area contributed by atoms with Gasteiger partial charge in [0.1, 0.15) is 0 Å². The lowest BCUT2D eigenvalue weighted by Gasteiger charge is -2.26. The zero-order chi connectivity index (χ0) is 33.1. The van der Waals surface area contributed by atoms with Crippen LogP contribution in [0.5, 0.6) is 0 Å². The smallest absolute Gasteiger partial charge is 0.0654 e. The van der Waals surface area contributed by atoms with Crippen LogP contribution in [0.2, 0.25) is 19.1 Å². The molecule has 0 nitrogen and oxygen atoms in total. The number of benzene rings is 5. The van der Waals surface area contributed by atoms with Crippen molar-refractivity contribution < 1.29 is 0 Å². The molecule has 5 aromatic carbocycles. The van der Waals surface area contributed by atoms with Gasteiger partial charge in [-0.25, -0.2) is 0 Å². The highest BCUT2D eigenvalue weighted by molar-refractivity contribution is 6.90. The van der Waals surface area contributed by atoms with Gasteiger partial charge >= 0.3 is 0 Å². The van der Waals surface area contributed by atoms with Gasteiger partial charge in [-0.05, 0) is 70.5 Å². The first-order chi connectivity index (χ1) is 22.8. The maximum Gasteiger partial charge on any atom is 0.0814 e. The average Bonchev–Trinajstić information content (AvgIpc) is 3.09. The maximum atomic E-state index is 2.59. The van der Waals surface area contributed by atoms with Gasteiger partial charge in [-0.3, -0.25) is 0 Å². The molecule has 5 aromatic rings. The third kappa shape index (κ3) is 9.43. The third-order valence-electron chi connectivity index (χ3n) is 9.47. The molecule has 0 heterocycles. The molecular formula is C46H52Si. The molecule has 0 fully saturated rings. The molecule has 0 N–H and O–H groups in total. The number of hydrogen-bond acceptors (Lipinski definition) is 0. The molecule has 1 heteroatoms. The fourth-order valence-corrected chi connectivity index (χ4v) is 9.45. The van der Waals surface area contributed by atoms with E-state index >= 15 is 0 Å². The van der Waals surface area contributed by atoms with Gasteiger partial charge in [-0.15, -0.1) is 0 Å². The van der Waals surface area contributed by atoms with Gasteiger partial charge in [0.05, 0.1) is 8.07 Å². The lowest BCUT2D eigenvalue weighted by atomic mass is 9.93. The summed E-state index contributed by atoms with van der Waals surface area (Å²) in [6.07, 6.45) is 12.9. The lowest BCUT2D eigenvalue weighted by Crippen LogP contribution is -2.43. The highest BCUT2D eigenvalue weighted by Crippen LogP contribution is 2.30. The molecule has 240 valence electrons. The first-order valence-electron chi connectivity index (χ1n) is 17.7. The zero-order valence-corrected chi connectivity index (χ0v) is 30.2. The molecule has 0 aliphatic carbocycles. The summed E-state index contributed by atoms with van der Waals surface area (Å²) >= 11 is 0. The highest BCUT2D eigenvalue weighted by atomic mass is 28.3. The summed E-state index contributed by atoms with van der Waals surface area (Å²) in [5.41, 5.74) is 12.8. The molecule has 0 unspecified atom stereocenters. The van der Waals surface area contributed by atoms with E-state index in [0.717, 1.165) is 0 Å². The Labute approximate surface area is 286 Å². The van der Waals surface area contributed by atoms with Crippen LogP contribution < -0.4 is 5.19 Å². The first-order valence-corrected chi connectivity index (χ1v) is 20.9.